The molecule has 0 radical (unpaired) electrons. The van der Waals surface area contributed by atoms with Crippen LogP contribution in [0.1, 0.15) is 11.1 Å². The molecule has 0 bridgehead atoms. The summed E-state index contributed by atoms with van der Waals surface area (Å²) in [4.78, 5) is 4.19. The third-order valence-corrected chi connectivity index (χ3v) is 2.03. The second kappa shape index (κ2) is 3.09. The molecule has 3 nitrogen and oxygen atoms in total. The van der Waals surface area contributed by atoms with E-state index in [1.807, 2.05) is 19.1 Å². The molecule has 0 amide bonds. The van der Waals surface area contributed by atoms with Gasteiger partial charge >= 0.3 is 0 Å². The number of phenolic OH excluding ortho intramolecular Hbond substituents is 1. The SMILES string of the molecule is Cc1cc(C2=NCCO2)ccc1O. The molecular formula is C10H11NO2. The van der Waals surface area contributed by atoms with Gasteiger partial charge in [-0.05, 0) is 30.7 Å². The molecule has 0 fully saturated rings. The zero-order valence-corrected chi connectivity index (χ0v) is 7.45. The fraction of sp³-hybridized carbons (Fsp3) is 0.300. The van der Waals surface area contributed by atoms with Gasteiger partial charge in [0.1, 0.15) is 12.4 Å². The Kier molecular flexibility index (Phi) is 1.93. The monoisotopic (exact) mass is 177 g/mol. The number of aryl methyl sites for hydroxylation is 1. The first kappa shape index (κ1) is 8.10. The first-order chi connectivity index (χ1) is 6.27. The van der Waals surface area contributed by atoms with Crippen LogP contribution in [0, 0.1) is 6.92 Å². The van der Waals surface area contributed by atoms with Gasteiger partial charge in [0.05, 0.1) is 6.54 Å². The van der Waals surface area contributed by atoms with E-state index < -0.39 is 0 Å². The normalized spacial score (nSPS) is 15.3. The fourth-order valence-electron chi connectivity index (χ4n) is 1.30. The van der Waals surface area contributed by atoms with Crippen molar-refractivity contribution in [2.75, 3.05) is 13.2 Å². The van der Waals surface area contributed by atoms with Crippen molar-refractivity contribution in [3.63, 3.8) is 0 Å². The van der Waals surface area contributed by atoms with Gasteiger partial charge in [0, 0.05) is 5.56 Å². The van der Waals surface area contributed by atoms with Gasteiger partial charge in [-0.15, -0.1) is 0 Å². The molecule has 3 heteroatoms. The summed E-state index contributed by atoms with van der Waals surface area (Å²) in [7, 11) is 0. The molecule has 0 saturated carbocycles. The minimum Gasteiger partial charge on any atom is -0.508 e. The second-order valence-corrected chi connectivity index (χ2v) is 3.04. The minimum absolute atomic E-state index is 0.308. The van der Waals surface area contributed by atoms with Crippen molar-refractivity contribution in [1.29, 1.82) is 0 Å². The first-order valence-corrected chi connectivity index (χ1v) is 4.24. The first-order valence-electron chi connectivity index (χ1n) is 4.24. The van der Waals surface area contributed by atoms with Crippen molar-refractivity contribution in [2.24, 2.45) is 4.99 Å². The third-order valence-electron chi connectivity index (χ3n) is 2.03. The lowest BCUT2D eigenvalue weighted by Gasteiger charge is -2.03. The Labute approximate surface area is 76.7 Å². The quantitative estimate of drug-likeness (QED) is 0.705. The molecule has 1 aliphatic heterocycles. The third kappa shape index (κ3) is 1.49. The van der Waals surface area contributed by atoms with Gasteiger partial charge in [0.15, 0.2) is 0 Å². The summed E-state index contributed by atoms with van der Waals surface area (Å²) in [6, 6.07) is 5.35. The number of hydrogen-bond donors (Lipinski definition) is 1. The molecule has 2 rings (SSSR count). The van der Waals surface area contributed by atoms with Crippen LogP contribution in [-0.2, 0) is 4.74 Å². The average molecular weight is 177 g/mol. The van der Waals surface area contributed by atoms with Gasteiger partial charge in [0.25, 0.3) is 0 Å². The maximum atomic E-state index is 9.31. The Bertz CT molecular complexity index is 358. The lowest BCUT2D eigenvalue weighted by atomic mass is 10.1. The van der Waals surface area contributed by atoms with Crippen LogP contribution in [0.3, 0.4) is 0 Å². The molecule has 0 atom stereocenters. The summed E-state index contributed by atoms with van der Waals surface area (Å²) < 4.78 is 5.30. The average Bonchev–Trinajstić information content (AvgIpc) is 2.62. The van der Waals surface area contributed by atoms with Gasteiger partial charge in [-0.1, -0.05) is 0 Å². The Balaban J connectivity index is 2.36. The molecule has 0 saturated heterocycles. The van der Waals surface area contributed by atoms with Crippen LogP contribution in [0.25, 0.3) is 0 Å². The number of benzene rings is 1. The lowest BCUT2D eigenvalue weighted by molar-refractivity contribution is 0.348. The second-order valence-electron chi connectivity index (χ2n) is 3.04. The standard InChI is InChI=1S/C10H11NO2/c1-7-6-8(2-3-9(7)12)10-11-4-5-13-10/h2-3,6,12H,4-5H2,1H3. The molecule has 0 aliphatic carbocycles. The van der Waals surface area contributed by atoms with Gasteiger partial charge in [-0.25, -0.2) is 4.99 Å². The molecule has 68 valence electrons. The van der Waals surface area contributed by atoms with Crippen molar-refractivity contribution >= 4 is 5.90 Å². The maximum Gasteiger partial charge on any atom is 0.216 e. The summed E-state index contributed by atoms with van der Waals surface area (Å²) in [6.07, 6.45) is 0. The van der Waals surface area contributed by atoms with Crippen LogP contribution in [0.2, 0.25) is 0 Å². The largest absolute Gasteiger partial charge is 0.508 e. The highest BCUT2D eigenvalue weighted by Gasteiger charge is 2.10. The number of nitrogens with zero attached hydrogens (tertiary/aromatic N) is 1. The van der Waals surface area contributed by atoms with E-state index in [1.165, 1.54) is 0 Å². The molecule has 13 heavy (non-hydrogen) atoms. The summed E-state index contributed by atoms with van der Waals surface area (Å²) in [6.45, 7) is 3.25. The van der Waals surface area contributed by atoms with Crippen molar-refractivity contribution < 1.29 is 9.84 Å². The van der Waals surface area contributed by atoms with Crippen LogP contribution < -0.4 is 0 Å². The van der Waals surface area contributed by atoms with E-state index in [0.717, 1.165) is 17.7 Å². The molecule has 1 aromatic rings. The molecule has 0 spiro atoms. The smallest absolute Gasteiger partial charge is 0.216 e. The van der Waals surface area contributed by atoms with Gasteiger partial charge in [-0.3, -0.25) is 0 Å². The predicted octanol–water partition coefficient (Wildman–Crippen LogP) is 1.48. The maximum absolute atomic E-state index is 9.31. The minimum atomic E-state index is 0.308. The van der Waals surface area contributed by atoms with Crippen LogP contribution in [-0.4, -0.2) is 24.2 Å². The van der Waals surface area contributed by atoms with Crippen LogP contribution in [0.4, 0.5) is 0 Å². The van der Waals surface area contributed by atoms with E-state index in [2.05, 4.69) is 4.99 Å². The van der Waals surface area contributed by atoms with E-state index >= 15 is 0 Å². The van der Waals surface area contributed by atoms with Crippen LogP contribution in [0.5, 0.6) is 5.75 Å². The molecule has 1 N–H and O–H groups in total. The molecule has 1 aliphatic rings. The lowest BCUT2D eigenvalue weighted by Crippen LogP contribution is -2.00. The van der Waals surface area contributed by atoms with E-state index in [0.29, 0.717) is 18.3 Å². The Hall–Kier alpha value is -1.51. The zero-order chi connectivity index (χ0) is 9.26. The number of hydrogen-bond acceptors (Lipinski definition) is 3. The van der Waals surface area contributed by atoms with E-state index in [9.17, 15) is 5.11 Å². The molecule has 0 unspecified atom stereocenters. The molecule has 0 aromatic heterocycles. The van der Waals surface area contributed by atoms with Gasteiger partial charge < -0.3 is 9.84 Å². The topological polar surface area (TPSA) is 41.8 Å². The highest BCUT2D eigenvalue weighted by molar-refractivity contribution is 5.95. The van der Waals surface area contributed by atoms with Crippen LogP contribution >= 0.6 is 0 Å². The fourth-order valence-corrected chi connectivity index (χ4v) is 1.30. The number of phenols is 1. The van der Waals surface area contributed by atoms with E-state index in [-0.39, 0.29) is 0 Å². The molecular weight excluding hydrogens is 166 g/mol. The van der Waals surface area contributed by atoms with Crippen molar-refractivity contribution in [1.82, 2.24) is 0 Å². The highest BCUT2D eigenvalue weighted by atomic mass is 16.5. The Morgan fingerprint density at radius 2 is 2.31 bits per heavy atom. The Morgan fingerprint density at radius 1 is 1.46 bits per heavy atom. The summed E-state index contributed by atoms with van der Waals surface area (Å²) >= 11 is 0. The van der Waals surface area contributed by atoms with E-state index in [1.54, 1.807) is 6.07 Å². The summed E-state index contributed by atoms with van der Waals surface area (Å²) in [5.74, 6) is 0.991. The van der Waals surface area contributed by atoms with E-state index in [4.69, 9.17) is 4.74 Å². The zero-order valence-electron chi connectivity index (χ0n) is 7.45. The predicted molar refractivity (Wildman–Crippen MR) is 50.2 cm³/mol. The van der Waals surface area contributed by atoms with Crippen molar-refractivity contribution in [3.05, 3.63) is 29.3 Å². The van der Waals surface area contributed by atoms with Gasteiger partial charge in [-0.2, -0.15) is 0 Å². The number of aliphatic imine (C=N–C) groups is 1. The Morgan fingerprint density at radius 3 is 2.92 bits per heavy atom. The molecule has 1 aromatic carbocycles. The summed E-state index contributed by atoms with van der Waals surface area (Å²) in [5.41, 5.74) is 1.78. The highest BCUT2D eigenvalue weighted by Crippen LogP contribution is 2.18. The number of rotatable bonds is 1. The number of ether oxygens (including phenoxy) is 1. The molecule has 1 heterocycles. The van der Waals surface area contributed by atoms with Crippen molar-refractivity contribution in [2.45, 2.75) is 6.92 Å². The summed E-state index contributed by atoms with van der Waals surface area (Å²) in [5, 5.41) is 9.31. The van der Waals surface area contributed by atoms with Gasteiger partial charge in [0.2, 0.25) is 5.90 Å². The van der Waals surface area contributed by atoms with Crippen molar-refractivity contribution in [3.8, 4) is 5.75 Å². The van der Waals surface area contributed by atoms with Crippen LogP contribution in [0.15, 0.2) is 23.2 Å². The number of aromatic hydroxyl groups is 1.